The topological polar surface area (TPSA) is 66.0 Å². The summed E-state index contributed by atoms with van der Waals surface area (Å²) in [4.78, 5) is 4.91. The molecule has 148 valence electrons. The van der Waals surface area contributed by atoms with Gasteiger partial charge in [-0.25, -0.2) is 9.67 Å². The van der Waals surface area contributed by atoms with Gasteiger partial charge >= 0.3 is 0 Å². The third-order valence-electron chi connectivity index (χ3n) is 5.22. The number of methoxy groups -OCH3 is 1. The van der Waals surface area contributed by atoms with Gasteiger partial charge in [0.05, 0.1) is 11.6 Å². The first-order valence-corrected chi connectivity index (χ1v) is 10.1. The molecule has 0 unspecified atom stereocenters. The summed E-state index contributed by atoms with van der Waals surface area (Å²) >= 11 is 12.7. The quantitative estimate of drug-likeness (QED) is 0.802. The first-order chi connectivity index (χ1) is 12.7. The van der Waals surface area contributed by atoms with E-state index in [9.17, 15) is 0 Å². The van der Waals surface area contributed by atoms with Crippen molar-refractivity contribution in [3.05, 3.63) is 45.5 Å². The molecule has 0 bridgehead atoms. The number of hydrogen-bond donors (Lipinski definition) is 1. The van der Waals surface area contributed by atoms with Gasteiger partial charge in [-0.2, -0.15) is 5.10 Å². The average molecular weight is 411 g/mol. The van der Waals surface area contributed by atoms with Crippen molar-refractivity contribution < 1.29 is 4.74 Å². The van der Waals surface area contributed by atoms with E-state index in [4.69, 9.17) is 43.8 Å². The number of ether oxygens (including phenoxy) is 1. The highest BCUT2D eigenvalue weighted by Gasteiger charge is 2.34. The number of nitrogens with two attached hydrogens (primary N) is 1. The van der Waals surface area contributed by atoms with Crippen LogP contribution in [0.1, 0.15) is 63.2 Å². The predicted molar refractivity (Wildman–Crippen MR) is 110 cm³/mol. The van der Waals surface area contributed by atoms with Crippen LogP contribution in [-0.2, 0) is 16.7 Å². The second-order valence-electron chi connectivity index (χ2n) is 8.29. The van der Waals surface area contributed by atoms with Crippen molar-refractivity contribution in [1.82, 2.24) is 14.8 Å². The molecular formula is C20H28Cl2N4O. The Bertz CT molecular complexity index is 780. The van der Waals surface area contributed by atoms with E-state index in [1.807, 2.05) is 22.9 Å². The zero-order chi connectivity index (χ0) is 19.8. The van der Waals surface area contributed by atoms with Crippen LogP contribution >= 0.6 is 23.2 Å². The normalized spacial score (nSPS) is 23.6. The molecule has 1 aromatic heterocycles. The van der Waals surface area contributed by atoms with Gasteiger partial charge in [-0.15, -0.1) is 0 Å². The molecule has 5 nitrogen and oxygen atoms in total. The maximum atomic E-state index is 6.34. The molecule has 0 spiro atoms. The van der Waals surface area contributed by atoms with Crippen LogP contribution in [0.5, 0.6) is 0 Å². The molecule has 3 atom stereocenters. The molecule has 1 aliphatic carbocycles. The van der Waals surface area contributed by atoms with E-state index in [1.165, 1.54) is 0 Å². The van der Waals surface area contributed by atoms with Crippen molar-refractivity contribution >= 4 is 23.2 Å². The monoisotopic (exact) mass is 410 g/mol. The van der Waals surface area contributed by atoms with E-state index >= 15 is 0 Å². The largest absolute Gasteiger partial charge is 0.380 e. The van der Waals surface area contributed by atoms with Gasteiger partial charge in [-0.05, 0) is 57.7 Å². The lowest BCUT2D eigenvalue weighted by Crippen LogP contribution is -2.41. The Hall–Kier alpha value is -1.14. The highest BCUT2D eigenvalue weighted by molar-refractivity contribution is 6.36. The van der Waals surface area contributed by atoms with Crippen molar-refractivity contribution in [2.45, 2.75) is 70.1 Å². The zero-order valence-electron chi connectivity index (χ0n) is 16.4. The summed E-state index contributed by atoms with van der Waals surface area (Å²) in [6.07, 6.45) is 3.33. The van der Waals surface area contributed by atoms with Crippen LogP contribution in [0.15, 0.2) is 18.2 Å². The summed E-state index contributed by atoms with van der Waals surface area (Å²) in [6.45, 7) is 6.42. The first kappa shape index (κ1) is 20.6. The molecule has 2 N–H and O–H groups in total. The lowest BCUT2D eigenvalue weighted by atomic mass is 9.83. The van der Waals surface area contributed by atoms with E-state index < -0.39 is 0 Å². The van der Waals surface area contributed by atoms with E-state index in [0.717, 1.165) is 36.5 Å². The fourth-order valence-electron chi connectivity index (χ4n) is 3.72. The molecule has 1 aliphatic rings. The van der Waals surface area contributed by atoms with Crippen LogP contribution in [0.4, 0.5) is 0 Å². The van der Waals surface area contributed by atoms with Crippen molar-refractivity contribution in [1.29, 1.82) is 0 Å². The zero-order valence-corrected chi connectivity index (χ0v) is 17.9. The molecule has 7 heteroatoms. The van der Waals surface area contributed by atoms with Crippen LogP contribution in [-0.4, -0.2) is 34.0 Å². The maximum absolute atomic E-state index is 6.34. The Balaban J connectivity index is 1.95. The highest BCUT2D eigenvalue weighted by Crippen LogP contribution is 2.35. The molecule has 0 radical (unpaired) electrons. The first-order valence-electron chi connectivity index (χ1n) is 9.38. The SMILES string of the molecule is CO[C@H]1C[C@@H](c2nc(Cc3c(Cl)cccc3Cl)nn2C(C)(C)C)CC[C@@H]1N. The van der Waals surface area contributed by atoms with Gasteiger partial charge in [0.2, 0.25) is 0 Å². The Morgan fingerprint density at radius 1 is 1.22 bits per heavy atom. The lowest BCUT2D eigenvalue weighted by molar-refractivity contribution is 0.0449. The second kappa shape index (κ2) is 8.08. The van der Waals surface area contributed by atoms with E-state index in [1.54, 1.807) is 7.11 Å². The molecule has 1 heterocycles. The van der Waals surface area contributed by atoms with E-state index in [2.05, 4.69) is 20.8 Å². The van der Waals surface area contributed by atoms with Crippen molar-refractivity contribution in [3.63, 3.8) is 0 Å². The Morgan fingerprint density at radius 3 is 2.48 bits per heavy atom. The van der Waals surface area contributed by atoms with Gasteiger partial charge in [0.15, 0.2) is 5.82 Å². The minimum Gasteiger partial charge on any atom is -0.380 e. The van der Waals surface area contributed by atoms with Crippen LogP contribution in [0.25, 0.3) is 0 Å². The minimum atomic E-state index is -0.174. The van der Waals surface area contributed by atoms with Gasteiger partial charge in [-0.1, -0.05) is 29.3 Å². The molecule has 1 aromatic carbocycles. The third kappa shape index (κ3) is 4.48. The summed E-state index contributed by atoms with van der Waals surface area (Å²) < 4.78 is 7.64. The number of halogens is 2. The van der Waals surface area contributed by atoms with Crippen LogP contribution in [0.3, 0.4) is 0 Å². The minimum absolute atomic E-state index is 0.0512. The number of aromatic nitrogens is 3. The maximum Gasteiger partial charge on any atom is 0.155 e. The van der Waals surface area contributed by atoms with Crippen LogP contribution in [0, 0.1) is 0 Å². The summed E-state index contributed by atoms with van der Waals surface area (Å²) in [7, 11) is 1.73. The number of nitrogens with zero attached hydrogens (tertiary/aromatic N) is 3. The van der Waals surface area contributed by atoms with Crippen molar-refractivity contribution in [2.75, 3.05) is 7.11 Å². The molecule has 1 saturated carbocycles. The Labute approximate surface area is 171 Å². The van der Waals surface area contributed by atoms with Gasteiger partial charge in [0.1, 0.15) is 5.82 Å². The molecule has 0 amide bonds. The summed E-state index contributed by atoms with van der Waals surface area (Å²) in [5.41, 5.74) is 6.88. The summed E-state index contributed by atoms with van der Waals surface area (Å²) in [5, 5.41) is 6.10. The number of rotatable bonds is 4. The van der Waals surface area contributed by atoms with Crippen molar-refractivity contribution in [3.8, 4) is 0 Å². The fourth-order valence-corrected chi connectivity index (χ4v) is 4.25. The smallest absolute Gasteiger partial charge is 0.155 e. The Morgan fingerprint density at radius 2 is 1.89 bits per heavy atom. The van der Waals surface area contributed by atoms with Gasteiger partial charge in [-0.3, -0.25) is 0 Å². The van der Waals surface area contributed by atoms with Gasteiger partial charge < -0.3 is 10.5 Å². The van der Waals surface area contributed by atoms with E-state index in [-0.39, 0.29) is 23.6 Å². The predicted octanol–water partition coefficient (Wildman–Crippen LogP) is 4.54. The van der Waals surface area contributed by atoms with Crippen LogP contribution < -0.4 is 5.73 Å². The van der Waals surface area contributed by atoms with Crippen LogP contribution in [0.2, 0.25) is 10.0 Å². The third-order valence-corrected chi connectivity index (χ3v) is 5.93. The summed E-state index contributed by atoms with van der Waals surface area (Å²) in [6, 6.07) is 5.61. The molecule has 27 heavy (non-hydrogen) atoms. The lowest BCUT2D eigenvalue weighted by Gasteiger charge is -2.34. The molecule has 0 aliphatic heterocycles. The summed E-state index contributed by atoms with van der Waals surface area (Å²) in [5.74, 6) is 2.00. The highest BCUT2D eigenvalue weighted by atomic mass is 35.5. The molecule has 1 fully saturated rings. The van der Waals surface area contributed by atoms with Gasteiger partial charge in [0.25, 0.3) is 0 Å². The molecule has 3 rings (SSSR count). The van der Waals surface area contributed by atoms with Gasteiger partial charge in [0, 0.05) is 35.5 Å². The standard InChI is InChI=1S/C20H28Cl2N4O/c1-20(2,3)26-19(12-8-9-16(23)17(10-12)27-4)24-18(25-26)11-13-14(21)6-5-7-15(13)22/h5-7,12,16-17H,8-11,23H2,1-4H3/t12-,16-,17-/m0/s1. The Kier molecular flexibility index (Phi) is 6.16. The van der Waals surface area contributed by atoms with E-state index in [0.29, 0.717) is 16.5 Å². The van der Waals surface area contributed by atoms with Crippen molar-refractivity contribution in [2.24, 2.45) is 5.73 Å². The number of benzene rings is 1. The fraction of sp³-hybridized carbons (Fsp3) is 0.600. The average Bonchev–Trinajstić information content (AvgIpc) is 3.03. The second-order valence-corrected chi connectivity index (χ2v) is 9.11. The molecule has 2 aromatic rings. The number of hydrogen-bond acceptors (Lipinski definition) is 4. The molecule has 0 saturated heterocycles. The molecular weight excluding hydrogens is 383 g/mol.